The second-order valence-corrected chi connectivity index (χ2v) is 9.57. The van der Waals surface area contributed by atoms with E-state index in [0.717, 1.165) is 0 Å². The maximum Gasteiger partial charge on any atom is 0.220 e. The lowest BCUT2D eigenvalue weighted by atomic mass is 9.79. The topological polar surface area (TPSA) is 3.88 Å². The highest BCUT2D eigenvalue weighted by molar-refractivity contribution is 5.97. The van der Waals surface area contributed by atoms with Gasteiger partial charge in [-0.05, 0) is 64.1 Å². The van der Waals surface area contributed by atoms with Crippen molar-refractivity contribution < 1.29 is 4.57 Å². The molecule has 0 aliphatic carbocycles. The molecular weight excluding hydrogens is 362 g/mol. The third-order valence-corrected chi connectivity index (χ3v) is 6.73. The second kappa shape index (κ2) is 7.87. The number of fused-ring (bicyclic) bond motifs is 2. The minimum absolute atomic E-state index is 0.578. The number of pyridine rings is 1. The summed E-state index contributed by atoms with van der Waals surface area (Å²) in [6.45, 7) is 13.8. The van der Waals surface area contributed by atoms with E-state index in [1.54, 1.807) is 0 Å². The predicted octanol–water partition coefficient (Wildman–Crippen LogP) is 7.50. The predicted molar refractivity (Wildman–Crippen MR) is 130 cm³/mol. The van der Waals surface area contributed by atoms with Crippen LogP contribution in [0.1, 0.15) is 50.4 Å². The van der Waals surface area contributed by atoms with Crippen molar-refractivity contribution in [1.82, 2.24) is 0 Å². The molecule has 1 nitrogen and oxygen atoms in total. The molecule has 1 heteroatoms. The zero-order valence-corrected chi connectivity index (χ0v) is 19.5. The Kier molecular flexibility index (Phi) is 5.40. The normalized spacial score (nSPS) is 12.1. The molecule has 1 aromatic heterocycles. The van der Waals surface area contributed by atoms with Gasteiger partial charge in [-0.1, -0.05) is 70.2 Å². The first-order valence-corrected chi connectivity index (χ1v) is 11.2. The lowest BCUT2D eigenvalue weighted by Gasteiger charge is -2.25. The van der Waals surface area contributed by atoms with Gasteiger partial charge < -0.3 is 0 Å². The first kappa shape index (κ1) is 20.6. The van der Waals surface area contributed by atoms with Crippen molar-refractivity contribution in [2.24, 2.45) is 18.9 Å². The van der Waals surface area contributed by atoms with Crippen LogP contribution in [0.15, 0.2) is 60.7 Å². The van der Waals surface area contributed by atoms with Crippen LogP contribution in [0.4, 0.5) is 0 Å². The number of hydrogen-bond donors (Lipinski definition) is 0. The monoisotopic (exact) mass is 396 g/mol. The smallest absolute Gasteiger partial charge is 0.198 e. The number of aromatic nitrogens is 1. The van der Waals surface area contributed by atoms with Crippen LogP contribution < -0.4 is 4.57 Å². The zero-order chi connectivity index (χ0) is 21.6. The first-order chi connectivity index (χ1) is 14.3. The third kappa shape index (κ3) is 3.51. The summed E-state index contributed by atoms with van der Waals surface area (Å²) in [5.74, 6) is 1.84. The van der Waals surface area contributed by atoms with Gasteiger partial charge in [0.05, 0.1) is 10.9 Å². The number of aryl methyl sites for hydroxylation is 2. The Morgan fingerprint density at radius 2 is 1.33 bits per heavy atom. The Balaban J connectivity index is 1.99. The maximum atomic E-state index is 2.44. The molecule has 0 saturated heterocycles. The van der Waals surface area contributed by atoms with Crippen molar-refractivity contribution >= 4 is 21.5 Å². The molecular formula is C29H34N+. The molecule has 0 bridgehead atoms. The van der Waals surface area contributed by atoms with Gasteiger partial charge in [0.1, 0.15) is 7.05 Å². The van der Waals surface area contributed by atoms with Crippen LogP contribution in [-0.4, -0.2) is 0 Å². The molecule has 0 aliphatic rings. The van der Waals surface area contributed by atoms with Crippen molar-refractivity contribution in [1.29, 1.82) is 0 Å². The van der Waals surface area contributed by atoms with Crippen LogP contribution in [0, 0.1) is 25.7 Å². The molecule has 0 radical (unpaired) electrons. The highest BCUT2D eigenvalue weighted by Gasteiger charge is 2.23. The van der Waals surface area contributed by atoms with Gasteiger partial charge in [-0.15, -0.1) is 0 Å². The van der Waals surface area contributed by atoms with E-state index in [2.05, 4.69) is 114 Å². The first-order valence-electron chi connectivity index (χ1n) is 11.2. The Morgan fingerprint density at radius 3 is 1.97 bits per heavy atom. The molecule has 0 fully saturated rings. The van der Waals surface area contributed by atoms with Gasteiger partial charge in [0.25, 0.3) is 0 Å². The van der Waals surface area contributed by atoms with E-state index in [-0.39, 0.29) is 0 Å². The summed E-state index contributed by atoms with van der Waals surface area (Å²) in [6, 6.07) is 22.8. The van der Waals surface area contributed by atoms with E-state index < -0.39 is 0 Å². The van der Waals surface area contributed by atoms with Gasteiger partial charge in [0.15, 0.2) is 5.69 Å². The summed E-state index contributed by atoms with van der Waals surface area (Å²) in [4.78, 5) is 0. The third-order valence-electron chi connectivity index (χ3n) is 6.73. The van der Waals surface area contributed by atoms with Crippen LogP contribution in [0.3, 0.4) is 0 Å². The Bertz CT molecular complexity index is 1220. The van der Waals surface area contributed by atoms with Crippen molar-refractivity contribution in [3.63, 3.8) is 0 Å². The molecule has 0 spiro atoms. The zero-order valence-electron chi connectivity index (χ0n) is 19.5. The molecule has 0 unspecified atom stereocenters. The van der Waals surface area contributed by atoms with Crippen molar-refractivity contribution in [2.75, 3.05) is 0 Å². The van der Waals surface area contributed by atoms with Gasteiger partial charge in [0.2, 0.25) is 5.69 Å². The van der Waals surface area contributed by atoms with Crippen LogP contribution >= 0.6 is 0 Å². The fourth-order valence-corrected chi connectivity index (χ4v) is 5.28. The van der Waals surface area contributed by atoms with Crippen LogP contribution in [0.2, 0.25) is 0 Å². The van der Waals surface area contributed by atoms with Crippen LogP contribution in [-0.2, 0) is 7.05 Å². The van der Waals surface area contributed by atoms with Crippen molar-refractivity contribution in [3.8, 4) is 11.3 Å². The molecule has 0 atom stereocenters. The van der Waals surface area contributed by atoms with E-state index in [4.69, 9.17) is 0 Å². The Hall–Kier alpha value is -2.67. The molecule has 1 heterocycles. The summed E-state index contributed by atoms with van der Waals surface area (Å²) in [7, 11) is 2.19. The summed E-state index contributed by atoms with van der Waals surface area (Å²) in [5, 5.41) is 5.27. The maximum absolute atomic E-state index is 2.44. The number of benzene rings is 3. The second-order valence-electron chi connectivity index (χ2n) is 9.57. The number of hydrogen-bond acceptors (Lipinski definition) is 0. The SMILES string of the molecule is Cc1cc2ccccc2cc1-c1c2ccc(C(C(C)C)C(C)C)cc2cc(C)[n+]1C. The van der Waals surface area contributed by atoms with Gasteiger partial charge in [-0.2, -0.15) is 4.57 Å². The average Bonchev–Trinajstić information content (AvgIpc) is 2.68. The average molecular weight is 397 g/mol. The van der Waals surface area contributed by atoms with Crippen LogP contribution in [0.5, 0.6) is 0 Å². The van der Waals surface area contributed by atoms with Crippen molar-refractivity contribution in [2.45, 2.75) is 47.5 Å². The Labute approximate surface area is 181 Å². The highest BCUT2D eigenvalue weighted by Crippen LogP contribution is 2.36. The molecule has 0 N–H and O–H groups in total. The molecule has 0 amide bonds. The standard InChI is InChI=1S/C29H34N/c1-18(2)28(19(3)4)24-12-13-26-25(16-24)15-21(6)30(7)29(26)27-17-23-11-9-8-10-22(23)14-20(27)5/h8-19,28H,1-7H3/q+1. The van der Waals surface area contributed by atoms with Gasteiger partial charge >= 0.3 is 0 Å². The molecule has 30 heavy (non-hydrogen) atoms. The molecule has 0 saturated carbocycles. The number of rotatable bonds is 4. The van der Waals surface area contributed by atoms with Gasteiger partial charge in [0, 0.05) is 13.0 Å². The van der Waals surface area contributed by atoms with E-state index >= 15 is 0 Å². The fraction of sp³-hybridized carbons (Fsp3) is 0.345. The highest BCUT2D eigenvalue weighted by atomic mass is 14.9. The van der Waals surface area contributed by atoms with Gasteiger partial charge in [-0.25, -0.2) is 0 Å². The Morgan fingerprint density at radius 1 is 0.700 bits per heavy atom. The van der Waals surface area contributed by atoms with E-state index in [0.29, 0.717) is 17.8 Å². The van der Waals surface area contributed by atoms with E-state index in [1.165, 1.54) is 49.6 Å². The molecule has 4 aromatic rings. The van der Waals surface area contributed by atoms with Gasteiger partial charge in [-0.3, -0.25) is 0 Å². The number of nitrogens with zero attached hydrogens (tertiary/aromatic N) is 1. The lowest BCUT2D eigenvalue weighted by Crippen LogP contribution is -2.35. The summed E-state index contributed by atoms with van der Waals surface area (Å²) in [5.41, 5.74) is 6.70. The summed E-state index contributed by atoms with van der Waals surface area (Å²) >= 11 is 0. The minimum atomic E-state index is 0.578. The largest absolute Gasteiger partial charge is 0.220 e. The van der Waals surface area contributed by atoms with E-state index in [1.807, 2.05) is 0 Å². The lowest BCUT2D eigenvalue weighted by molar-refractivity contribution is -0.665. The quantitative estimate of drug-likeness (QED) is 0.314. The van der Waals surface area contributed by atoms with E-state index in [9.17, 15) is 0 Å². The summed E-state index contributed by atoms with van der Waals surface area (Å²) in [6.07, 6.45) is 0. The molecule has 154 valence electrons. The minimum Gasteiger partial charge on any atom is -0.198 e. The van der Waals surface area contributed by atoms with Crippen molar-refractivity contribution in [3.05, 3.63) is 77.5 Å². The van der Waals surface area contributed by atoms with Crippen LogP contribution in [0.25, 0.3) is 32.8 Å². The molecule has 3 aromatic carbocycles. The molecule has 4 rings (SSSR count). The fourth-order valence-electron chi connectivity index (χ4n) is 5.28. The summed E-state index contributed by atoms with van der Waals surface area (Å²) < 4.78 is 2.35. The molecule has 0 aliphatic heterocycles.